The summed E-state index contributed by atoms with van der Waals surface area (Å²) in [4.78, 5) is 4.09. The Morgan fingerprint density at radius 2 is 2.00 bits per heavy atom. The molecule has 0 spiro atoms. The molecule has 76 valence electrons. The molecule has 0 atom stereocenters. The molecule has 0 saturated carbocycles. The molecule has 0 bridgehead atoms. The minimum Gasteiger partial charge on any atom is -0.475 e. The molecular formula is C9H14BNO3. The predicted octanol–water partition coefficient (Wildman–Crippen LogP) is -0.143. The van der Waals surface area contributed by atoms with E-state index in [1.165, 1.54) is 0 Å². The third kappa shape index (κ3) is 2.72. The van der Waals surface area contributed by atoms with Gasteiger partial charge in [-0.05, 0) is 26.8 Å². The fourth-order valence-corrected chi connectivity index (χ4v) is 1.13. The summed E-state index contributed by atoms with van der Waals surface area (Å²) < 4.78 is 5.36. The molecule has 0 aliphatic carbocycles. The minimum absolute atomic E-state index is 0.0619. The Bertz CT molecular complexity index is 315. The van der Waals surface area contributed by atoms with E-state index < -0.39 is 7.12 Å². The van der Waals surface area contributed by atoms with Crippen LogP contribution in [0.3, 0.4) is 0 Å². The lowest BCUT2D eigenvalue weighted by atomic mass is 9.79. The topological polar surface area (TPSA) is 62.6 Å². The summed E-state index contributed by atoms with van der Waals surface area (Å²) >= 11 is 0. The molecule has 5 heteroatoms. The largest absolute Gasteiger partial charge is 0.490 e. The molecule has 0 aromatic carbocycles. The van der Waals surface area contributed by atoms with Crippen molar-refractivity contribution in [1.82, 2.24) is 4.98 Å². The van der Waals surface area contributed by atoms with Crippen LogP contribution in [0.2, 0.25) is 0 Å². The standard InChI is InChI=1S/C9H14BNO3/c1-6(2)14-9-5-4-8(10(12)13)7(3)11-9/h4-6,12-13H,1-3H3. The molecule has 1 rings (SSSR count). The average Bonchev–Trinajstić information content (AvgIpc) is 2.01. The van der Waals surface area contributed by atoms with E-state index in [1.54, 1.807) is 19.1 Å². The maximum absolute atomic E-state index is 8.95. The first-order chi connectivity index (χ1) is 6.50. The molecule has 1 heterocycles. The van der Waals surface area contributed by atoms with Crippen molar-refractivity contribution in [2.45, 2.75) is 26.9 Å². The van der Waals surface area contributed by atoms with Gasteiger partial charge < -0.3 is 14.8 Å². The van der Waals surface area contributed by atoms with Crippen molar-refractivity contribution in [2.24, 2.45) is 0 Å². The van der Waals surface area contributed by atoms with Crippen LogP contribution in [-0.4, -0.2) is 28.3 Å². The highest BCUT2D eigenvalue weighted by Crippen LogP contribution is 2.07. The van der Waals surface area contributed by atoms with Crippen LogP contribution < -0.4 is 10.2 Å². The number of pyridine rings is 1. The van der Waals surface area contributed by atoms with Gasteiger partial charge in [0.1, 0.15) is 0 Å². The molecule has 0 saturated heterocycles. The molecule has 0 amide bonds. The van der Waals surface area contributed by atoms with Gasteiger partial charge in [0.15, 0.2) is 0 Å². The van der Waals surface area contributed by atoms with Crippen molar-refractivity contribution >= 4 is 12.6 Å². The van der Waals surface area contributed by atoms with Gasteiger partial charge in [0.2, 0.25) is 5.88 Å². The minimum atomic E-state index is -1.48. The van der Waals surface area contributed by atoms with Gasteiger partial charge in [0, 0.05) is 11.2 Å². The van der Waals surface area contributed by atoms with Gasteiger partial charge in [-0.25, -0.2) is 4.98 Å². The SMILES string of the molecule is Cc1nc(OC(C)C)ccc1B(O)O. The molecular weight excluding hydrogens is 181 g/mol. The Morgan fingerprint density at radius 3 is 2.43 bits per heavy atom. The van der Waals surface area contributed by atoms with Crippen molar-refractivity contribution in [3.05, 3.63) is 17.8 Å². The van der Waals surface area contributed by atoms with Gasteiger partial charge in [-0.2, -0.15) is 0 Å². The summed E-state index contributed by atoms with van der Waals surface area (Å²) in [7, 11) is -1.48. The van der Waals surface area contributed by atoms with Gasteiger partial charge in [0.25, 0.3) is 0 Å². The van der Waals surface area contributed by atoms with Crippen molar-refractivity contribution < 1.29 is 14.8 Å². The first-order valence-corrected chi connectivity index (χ1v) is 4.51. The zero-order valence-electron chi connectivity index (χ0n) is 8.56. The first-order valence-electron chi connectivity index (χ1n) is 4.51. The zero-order chi connectivity index (χ0) is 10.7. The van der Waals surface area contributed by atoms with E-state index in [4.69, 9.17) is 14.8 Å². The maximum atomic E-state index is 8.95. The van der Waals surface area contributed by atoms with E-state index >= 15 is 0 Å². The van der Waals surface area contributed by atoms with Crippen LogP contribution in [0.25, 0.3) is 0 Å². The highest BCUT2D eigenvalue weighted by molar-refractivity contribution is 6.59. The Kier molecular flexibility index (Phi) is 3.49. The number of hydrogen-bond donors (Lipinski definition) is 2. The Balaban J connectivity index is 2.89. The molecule has 1 aromatic rings. The van der Waals surface area contributed by atoms with E-state index in [-0.39, 0.29) is 6.10 Å². The van der Waals surface area contributed by atoms with Gasteiger partial charge >= 0.3 is 7.12 Å². The van der Waals surface area contributed by atoms with Gasteiger partial charge in [-0.1, -0.05) is 6.07 Å². The predicted molar refractivity (Wildman–Crippen MR) is 54.6 cm³/mol. The summed E-state index contributed by atoms with van der Waals surface area (Å²) in [5, 5.41) is 17.9. The fourth-order valence-electron chi connectivity index (χ4n) is 1.13. The highest BCUT2D eigenvalue weighted by atomic mass is 16.5. The summed E-state index contributed by atoms with van der Waals surface area (Å²) in [5.41, 5.74) is 0.972. The number of aromatic nitrogens is 1. The molecule has 0 aliphatic rings. The average molecular weight is 195 g/mol. The van der Waals surface area contributed by atoms with Crippen LogP contribution in [0.1, 0.15) is 19.5 Å². The lowest BCUT2D eigenvalue weighted by Crippen LogP contribution is -2.32. The number of ether oxygens (including phenoxy) is 1. The number of nitrogens with zero attached hydrogens (tertiary/aromatic N) is 1. The van der Waals surface area contributed by atoms with Crippen LogP contribution in [0.4, 0.5) is 0 Å². The molecule has 14 heavy (non-hydrogen) atoms. The second kappa shape index (κ2) is 4.44. The third-order valence-electron chi connectivity index (χ3n) is 1.74. The highest BCUT2D eigenvalue weighted by Gasteiger charge is 2.15. The van der Waals surface area contributed by atoms with Gasteiger partial charge in [0.05, 0.1) is 6.10 Å². The van der Waals surface area contributed by atoms with Crippen LogP contribution in [0, 0.1) is 6.92 Å². The normalized spacial score (nSPS) is 10.4. The smallest absolute Gasteiger partial charge is 0.475 e. The summed E-state index contributed by atoms with van der Waals surface area (Å²) in [5.74, 6) is 0.502. The molecule has 0 fully saturated rings. The molecule has 0 aliphatic heterocycles. The van der Waals surface area contributed by atoms with Crippen molar-refractivity contribution in [1.29, 1.82) is 0 Å². The molecule has 2 N–H and O–H groups in total. The van der Waals surface area contributed by atoms with Crippen molar-refractivity contribution in [3.63, 3.8) is 0 Å². The van der Waals surface area contributed by atoms with Crippen LogP contribution in [-0.2, 0) is 0 Å². The van der Waals surface area contributed by atoms with Crippen LogP contribution in [0.15, 0.2) is 12.1 Å². The zero-order valence-corrected chi connectivity index (χ0v) is 8.56. The van der Waals surface area contributed by atoms with E-state index in [2.05, 4.69) is 4.98 Å². The summed E-state index contributed by atoms with van der Waals surface area (Å²) in [6.45, 7) is 5.53. The second-order valence-electron chi connectivity index (χ2n) is 3.36. The second-order valence-corrected chi connectivity index (χ2v) is 3.36. The van der Waals surface area contributed by atoms with Crippen LogP contribution >= 0.6 is 0 Å². The monoisotopic (exact) mass is 195 g/mol. The molecule has 0 radical (unpaired) electrons. The quantitative estimate of drug-likeness (QED) is 0.658. The third-order valence-corrected chi connectivity index (χ3v) is 1.74. The van der Waals surface area contributed by atoms with Gasteiger partial charge in [-0.15, -0.1) is 0 Å². The number of rotatable bonds is 3. The fraction of sp³-hybridized carbons (Fsp3) is 0.444. The lowest BCUT2D eigenvalue weighted by molar-refractivity contribution is 0.232. The summed E-state index contributed by atoms with van der Waals surface area (Å²) in [6.07, 6.45) is 0.0619. The molecule has 1 aromatic heterocycles. The van der Waals surface area contributed by atoms with E-state index in [1.807, 2.05) is 13.8 Å². The van der Waals surface area contributed by atoms with E-state index in [0.29, 0.717) is 17.0 Å². The molecule has 4 nitrogen and oxygen atoms in total. The number of aryl methyl sites for hydroxylation is 1. The Morgan fingerprint density at radius 1 is 1.36 bits per heavy atom. The molecule has 0 unspecified atom stereocenters. The van der Waals surface area contributed by atoms with Gasteiger partial charge in [-0.3, -0.25) is 0 Å². The first kappa shape index (κ1) is 11.0. The Labute approximate surface area is 83.7 Å². The number of hydrogen-bond acceptors (Lipinski definition) is 4. The Hall–Kier alpha value is -1.07. The lowest BCUT2D eigenvalue weighted by Gasteiger charge is -2.10. The van der Waals surface area contributed by atoms with Crippen LogP contribution in [0.5, 0.6) is 5.88 Å². The van der Waals surface area contributed by atoms with Crippen molar-refractivity contribution in [2.75, 3.05) is 0 Å². The van der Waals surface area contributed by atoms with E-state index in [0.717, 1.165) is 0 Å². The maximum Gasteiger partial charge on any atom is 0.490 e. The van der Waals surface area contributed by atoms with Crippen molar-refractivity contribution in [3.8, 4) is 5.88 Å². The summed E-state index contributed by atoms with van der Waals surface area (Å²) in [6, 6.07) is 3.23. The van der Waals surface area contributed by atoms with E-state index in [9.17, 15) is 0 Å².